The fourth-order valence-electron chi connectivity index (χ4n) is 1.84. The summed E-state index contributed by atoms with van der Waals surface area (Å²) in [6.45, 7) is 1.73. The van der Waals surface area contributed by atoms with E-state index in [9.17, 15) is 12.8 Å². The molecule has 0 aliphatic rings. The molecule has 0 saturated heterocycles. The topological polar surface area (TPSA) is 98.2 Å². The Morgan fingerprint density at radius 3 is 2.45 bits per heavy atom. The highest BCUT2D eigenvalue weighted by molar-refractivity contribution is 7.89. The van der Waals surface area contributed by atoms with Crippen LogP contribution in [0.1, 0.15) is 5.56 Å². The maximum Gasteiger partial charge on any atom is 0.240 e. The van der Waals surface area contributed by atoms with Gasteiger partial charge in [-0.2, -0.15) is 0 Å². The highest BCUT2D eigenvalue weighted by Gasteiger charge is 2.14. The van der Waals surface area contributed by atoms with Crippen molar-refractivity contribution >= 4 is 27.1 Å². The molecule has 0 unspecified atom stereocenters. The van der Waals surface area contributed by atoms with Gasteiger partial charge < -0.3 is 11.1 Å². The lowest BCUT2D eigenvalue weighted by molar-refractivity contribution is 0.598. The van der Waals surface area contributed by atoms with Crippen molar-refractivity contribution in [1.29, 1.82) is 0 Å². The summed E-state index contributed by atoms with van der Waals surface area (Å²) in [5, 5.41) is 7.98. The van der Waals surface area contributed by atoms with E-state index in [1.165, 1.54) is 30.3 Å². The second-order valence-electron chi connectivity index (χ2n) is 4.44. The van der Waals surface area contributed by atoms with E-state index in [-0.39, 0.29) is 16.3 Å². The third-order valence-corrected chi connectivity index (χ3v) is 3.58. The number of anilines is 3. The van der Waals surface area contributed by atoms with Gasteiger partial charge in [0.2, 0.25) is 10.0 Å². The van der Waals surface area contributed by atoms with Crippen LogP contribution in [-0.2, 0) is 10.0 Å². The van der Waals surface area contributed by atoms with E-state index in [4.69, 9.17) is 10.9 Å². The lowest BCUT2D eigenvalue weighted by Gasteiger charge is -2.12. The number of nitrogens with two attached hydrogens (primary N) is 2. The first-order valence-electron chi connectivity index (χ1n) is 5.72. The highest BCUT2D eigenvalue weighted by Crippen LogP contribution is 2.27. The van der Waals surface area contributed by atoms with Gasteiger partial charge >= 0.3 is 0 Å². The van der Waals surface area contributed by atoms with E-state index in [0.717, 1.165) is 0 Å². The zero-order valence-electron chi connectivity index (χ0n) is 10.7. The molecule has 2 rings (SSSR count). The molecule has 0 radical (unpaired) electrons. The van der Waals surface area contributed by atoms with Crippen LogP contribution < -0.4 is 16.2 Å². The van der Waals surface area contributed by atoms with Crippen molar-refractivity contribution < 1.29 is 12.8 Å². The molecule has 7 heteroatoms. The lowest BCUT2D eigenvalue weighted by Crippen LogP contribution is -2.14. The monoisotopic (exact) mass is 295 g/mol. The molecule has 2 aromatic rings. The first-order valence-corrected chi connectivity index (χ1v) is 7.27. The van der Waals surface area contributed by atoms with Gasteiger partial charge in [-0.1, -0.05) is 0 Å². The minimum Gasteiger partial charge on any atom is -0.399 e. The van der Waals surface area contributed by atoms with E-state index in [2.05, 4.69) is 5.32 Å². The zero-order valence-corrected chi connectivity index (χ0v) is 11.5. The zero-order chi connectivity index (χ0) is 14.9. The molecular formula is C13H14FN3O2S. The second kappa shape index (κ2) is 5.10. The number of rotatable bonds is 3. The van der Waals surface area contributed by atoms with Crippen molar-refractivity contribution in [3.05, 3.63) is 47.8 Å². The third-order valence-electron chi connectivity index (χ3n) is 2.63. The maximum atomic E-state index is 13.3. The normalized spacial score (nSPS) is 11.3. The van der Waals surface area contributed by atoms with Crippen LogP contribution in [0.3, 0.4) is 0 Å². The molecule has 0 saturated carbocycles. The Labute approximate surface area is 116 Å². The van der Waals surface area contributed by atoms with Crippen molar-refractivity contribution in [2.45, 2.75) is 11.8 Å². The van der Waals surface area contributed by atoms with Crippen LogP contribution in [-0.4, -0.2) is 8.42 Å². The Bertz CT molecular complexity index is 740. The SMILES string of the molecule is Cc1cc(F)cc(Nc2ccc(N)cc2S(N)(=O)=O)c1. The lowest BCUT2D eigenvalue weighted by atomic mass is 10.2. The number of sulfonamides is 1. The fraction of sp³-hybridized carbons (Fsp3) is 0.0769. The summed E-state index contributed by atoms with van der Waals surface area (Å²) in [6.07, 6.45) is 0. The van der Waals surface area contributed by atoms with Crippen molar-refractivity contribution in [1.82, 2.24) is 0 Å². The van der Waals surface area contributed by atoms with Gasteiger partial charge in [0, 0.05) is 11.4 Å². The van der Waals surface area contributed by atoms with Crippen molar-refractivity contribution in [3.63, 3.8) is 0 Å². The minimum atomic E-state index is -3.93. The largest absolute Gasteiger partial charge is 0.399 e. The van der Waals surface area contributed by atoms with E-state index in [1.807, 2.05) is 0 Å². The number of benzene rings is 2. The van der Waals surface area contributed by atoms with E-state index >= 15 is 0 Å². The summed E-state index contributed by atoms with van der Waals surface area (Å²) in [4.78, 5) is -0.139. The van der Waals surface area contributed by atoms with Gasteiger partial charge in [0.25, 0.3) is 0 Å². The Hall–Kier alpha value is -2.12. The molecule has 0 aliphatic heterocycles. The third kappa shape index (κ3) is 3.25. The molecule has 0 heterocycles. The van der Waals surface area contributed by atoms with Gasteiger partial charge in [-0.25, -0.2) is 17.9 Å². The van der Waals surface area contributed by atoms with Gasteiger partial charge in [-0.05, 0) is 48.9 Å². The van der Waals surface area contributed by atoms with Gasteiger partial charge in [0.1, 0.15) is 10.7 Å². The van der Waals surface area contributed by atoms with Gasteiger partial charge in [-0.15, -0.1) is 0 Å². The second-order valence-corrected chi connectivity index (χ2v) is 5.97. The molecule has 0 bridgehead atoms. The number of halogens is 1. The molecule has 5 N–H and O–H groups in total. The Balaban J connectivity index is 2.48. The van der Waals surface area contributed by atoms with E-state index in [1.54, 1.807) is 13.0 Å². The average Bonchev–Trinajstić information content (AvgIpc) is 2.28. The molecule has 0 aromatic heterocycles. The van der Waals surface area contributed by atoms with Crippen LogP contribution >= 0.6 is 0 Å². The summed E-state index contributed by atoms with van der Waals surface area (Å²) >= 11 is 0. The van der Waals surface area contributed by atoms with Crippen molar-refractivity contribution in [2.24, 2.45) is 5.14 Å². The number of hydrogen-bond acceptors (Lipinski definition) is 4. The molecule has 106 valence electrons. The summed E-state index contributed by atoms with van der Waals surface area (Å²) in [5.41, 5.74) is 7.21. The van der Waals surface area contributed by atoms with Crippen molar-refractivity contribution in [3.8, 4) is 0 Å². The summed E-state index contributed by atoms with van der Waals surface area (Å²) in [6, 6.07) is 8.58. The molecular weight excluding hydrogens is 281 g/mol. The Morgan fingerprint density at radius 2 is 1.85 bits per heavy atom. The summed E-state index contributed by atoms with van der Waals surface area (Å²) in [7, 11) is -3.93. The van der Waals surface area contributed by atoms with Crippen LogP contribution in [0, 0.1) is 12.7 Å². The summed E-state index contributed by atoms with van der Waals surface area (Å²) in [5.74, 6) is -0.417. The maximum absolute atomic E-state index is 13.3. The quantitative estimate of drug-likeness (QED) is 0.755. The molecule has 0 amide bonds. The molecule has 0 aliphatic carbocycles. The number of aryl methyl sites for hydroxylation is 1. The molecule has 20 heavy (non-hydrogen) atoms. The van der Waals surface area contributed by atoms with Crippen LogP contribution in [0.2, 0.25) is 0 Å². The van der Waals surface area contributed by atoms with Crippen LogP contribution in [0.5, 0.6) is 0 Å². The Kier molecular flexibility index (Phi) is 3.65. The number of nitrogen functional groups attached to an aromatic ring is 1. The minimum absolute atomic E-state index is 0.139. The number of hydrogen-bond donors (Lipinski definition) is 3. The molecule has 0 fully saturated rings. The van der Waals surface area contributed by atoms with Gasteiger partial charge in [0.05, 0.1) is 5.69 Å². The first-order chi connectivity index (χ1) is 9.25. The van der Waals surface area contributed by atoms with E-state index in [0.29, 0.717) is 11.3 Å². The molecule has 2 aromatic carbocycles. The van der Waals surface area contributed by atoms with Gasteiger partial charge in [-0.3, -0.25) is 0 Å². The van der Waals surface area contributed by atoms with Crippen LogP contribution in [0.15, 0.2) is 41.3 Å². The summed E-state index contributed by atoms with van der Waals surface area (Å²) < 4.78 is 36.4. The molecule has 5 nitrogen and oxygen atoms in total. The first kappa shape index (κ1) is 14.3. The highest BCUT2D eigenvalue weighted by atomic mass is 32.2. The molecule has 0 spiro atoms. The average molecular weight is 295 g/mol. The van der Waals surface area contributed by atoms with Crippen LogP contribution in [0.4, 0.5) is 21.5 Å². The predicted molar refractivity (Wildman–Crippen MR) is 76.6 cm³/mol. The standard InChI is InChI=1S/C13H14FN3O2S/c1-8-4-9(14)6-11(5-8)17-12-3-2-10(15)7-13(12)20(16,18)19/h2-7,17H,15H2,1H3,(H2,16,18,19). The number of primary sulfonamides is 1. The smallest absolute Gasteiger partial charge is 0.240 e. The molecule has 0 atom stereocenters. The van der Waals surface area contributed by atoms with E-state index < -0.39 is 15.8 Å². The fourth-order valence-corrected chi connectivity index (χ4v) is 2.57. The van der Waals surface area contributed by atoms with Crippen molar-refractivity contribution in [2.75, 3.05) is 11.1 Å². The predicted octanol–water partition coefficient (Wildman–Crippen LogP) is 2.11. The van der Waals surface area contributed by atoms with Crippen LogP contribution in [0.25, 0.3) is 0 Å². The Morgan fingerprint density at radius 1 is 1.15 bits per heavy atom. The van der Waals surface area contributed by atoms with Gasteiger partial charge in [0.15, 0.2) is 0 Å². The number of nitrogens with one attached hydrogen (secondary N) is 1.